The third-order valence-corrected chi connectivity index (χ3v) is 9.27. The van der Waals surface area contributed by atoms with Gasteiger partial charge >= 0.3 is 6.09 Å². The van der Waals surface area contributed by atoms with E-state index in [0.29, 0.717) is 0 Å². The number of carbonyl (C=O) groups is 1. The molecule has 1 amide bonds. The van der Waals surface area contributed by atoms with E-state index < -0.39 is 43.3 Å². The van der Waals surface area contributed by atoms with Crippen LogP contribution in [0.4, 0.5) is 20.6 Å². The Morgan fingerprint density at radius 2 is 1.95 bits per heavy atom. The summed E-state index contributed by atoms with van der Waals surface area (Å²) in [4.78, 5) is 10.8. The maximum atomic E-state index is 13.7. The standard InChI is InChI=1S/C21H24ClFN4O8S2/c1-13-11-26(6-7-34-13)37(32,33)24-10-15-12-27(36(30,31)16-3-4-18(23)17(22)9-16)19-8-14(25-21(28)29)2-5-20(19)35-15/h2-5,8-9,13,15,24-25H,6-7,10-12H2,1H3,(H,28,29)/t13?,15-/m0/s1. The first-order valence-corrected chi connectivity index (χ1v) is 14.3. The molecule has 2 heterocycles. The van der Waals surface area contributed by atoms with Gasteiger partial charge in [-0.15, -0.1) is 0 Å². The second-order valence-corrected chi connectivity index (χ2v) is 12.4. The van der Waals surface area contributed by atoms with Crippen LogP contribution in [-0.4, -0.2) is 77.3 Å². The fourth-order valence-corrected chi connectivity index (χ4v) is 6.98. The van der Waals surface area contributed by atoms with Gasteiger partial charge in [0.15, 0.2) is 0 Å². The van der Waals surface area contributed by atoms with Crippen LogP contribution in [-0.2, 0) is 25.0 Å². The van der Waals surface area contributed by atoms with E-state index in [2.05, 4.69) is 10.0 Å². The summed E-state index contributed by atoms with van der Waals surface area (Å²) in [5.74, 6) is -0.733. The lowest BCUT2D eigenvalue weighted by Gasteiger charge is -2.36. The highest BCUT2D eigenvalue weighted by molar-refractivity contribution is 7.92. The molecule has 12 nitrogen and oxygen atoms in total. The Balaban J connectivity index is 1.64. The zero-order chi connectivity index (χ0) is 27.0. The van der Waals surface area contributed by atoms with E-state index in [1.807, 2.05) is 0 Å². The van der Waals surface area contributed by atoms with E-state index in [0.717, 1.165) is 22.5 Å². The topological polar surface area (TPSA) is 155 Å². The number of rotatable bonds is 7. The van der Waals surface area contributed by atoms with Crippen LogP contribution < -0.4 is 19.1 Å². The number of benzene rings is 2. The molecular formula is C21H24ClFN4O8S2. The lowest BCUT2D eigenvalue weighted by Crippen LogP contribution is -2.53. The highest BCUT2D eigenvalue weighted by atomic mass is 35.5. The Morgan fingerprint density at radius 1 is 1.19 bits per heavy atom. The molecule has 0 aromatic heterocycles. The molecule has 3 N–H and O–H groups in total. The maximum Gasteiger partial charge on any atom is 0.409 e. The number of nitrogens with zero attached hydrogens (tertiary/aromatic N) is 2. The monoisotopic (exact) mass is 578 g/mol. The van der Waals surface area contributed by atoms with Crippen LogP contribution >= 0.6 is 11.6 Å². The first kappa shape index (κ1) is 27.3. The largest absolute Gasteiger partial charge is 0.485 e. The number of fused-ring (bicyclic) bond motifs is 1. The van der Waals surface area contributed by atoms with E-state index in [4.69, 9.17) is 26.2 Å². The highest BCUT2D eigenvalue weighted by Gasteiger charge is 2.36. The van der Waals surface area contributed by atoms with Crippen molar-refractivity contribution in [2.24, 2.45) is 0 Å². The molecule has 16 heteroatoms. The van der Waals surface area contributed by atoms with Crippen molar-refractivity contribution < 1.29 is 40.6 Å². The molecule has 1 saturated heterocycles. The van der Waals surface area contributed by atoms with Crippen molar-refractivity contribution in [3.8, 4) is 5.75 Å². The van der Waals surface area contributed by atoms with Crippen molar-refractivity contribution in [2.45, 2.75) is 24.0 Å². The van der Waals surface area contributed by atoms with Crippen LogP contribution in [0.1, 0.15) is 6.92 Å². The summed E-state index contributed by atoms with van der Waals surface area (Å²) < 4.78 is 82.3. The highest BCUT2D eigenvalue weighted by Crippen LogP contribution is 2.39. The van der Waals surface area contributed by atoms with Crippen LogP contribution in [0.25, 0.3) is 0 Å². The van der Waals surface area contributed by atoms with Gasteiger partial charge in [-0.05, 0) is 43.3 Å². The quantitative estimate of drug-likeness (QED) is 0.451. The molecule has 202 valence electrons. The molecule has 1 unspecified atom stereocenters. The lowest BCUT2D eigenvalue weighted by atomic mass is 10.2. The molecule has 1 fully saturated rings. The molecule has 2 aromatic carbocycles. The summed E-state index contributed by atoms with van der Waals surface area (Å²) in [6.07, 6.45) is -2.59. The Morgan fingerprint density at radius 3 is 2.62 bits per heavy atom. The number of morpholine rings is 1. The van der Waals surface area contributed by atoms with Crippen LogP contribution in [0.15, 0.2) is 41.3 Å². The van der Waals surface area contributed by atoms with Gasteiger partial charge in [0.25, 0.3) is 20.2 Å². The Labute approximate surface area is 218 Å². The number of amides is 1. The van der Waals surface area contributed by atoms with Crippen LogP contribution in [0, 0.1) is 5.82 Å². The zero-order valence-electron chi connectivity index (χ0n) is 19.4. The predicted octanol–water partition coefficient (Wildman–Crippen LogP) is 2.08. The van der Waals surface area contributed by atoms with Gasteiger partial charge in [-0.25, -0.2) is 17.6 Å². The Bertz CT molecular complexity index is 1410. The number of hydrogen-bond donors (Lipinski definition) is 3. The third-order valence-electron chi connectivity index (χ3n) is 5.66. The number of sulfonamides is 1. The molecule has 0 aliphatic carbocycles. The minimum absolute atomic E-state index is 0.00723. The van der Waals surface area contributed by atoms with E-state index in [9.17, 15) is 26.0 Å². The molecule has 2 aliphatic rings. The predicted molar refractivity (Wildman–Crippen MR) is 132 cm³/mol. The summed E-state index contributed by atoms with van der Waals surface area (Å²) in [5.41, 5.74) is 0.0839. The number of nitrogens with one attached hydrogen (secondary N) is 2. The molecule has 2 aromatic rings. The number of carboxylic acid groups (broad SMARTS) is 1. The molecule has 0 bridgehead atoms. The van der Waals surface area contributed by atoms with E-state index in [-0.39, 0.29) is 60.9 Å². The first-order valence-electron chi connectivity index (χ1n) is 11.0. The smallest absolute Gasteiger partial charge is 0.409 e. The average molecular weight is 579 g/mol. The molecule has 4 rings (SSSR count). The van der Waals surface area contributed by atoms with Crippen LogP contribution in [0.5, 0.6) is 5.75 Å². The minimum Gasteiger partial charge on any atom is -0.485 e. The number of halogens is 2. The van der Waals surface area contributed by atoms with Crippen molar-refractivity contribution in [1.82, 2.24) is 9.03 Å². The SMILES string of the molecule is CC1CN(S(=O)(=O)NC[C@H]2CN(S(=O)(=O)c3ccc(F)c(Cl)c3)c3cc(NC(=O)O)ccc3O2)CCO1. The van der Waals surface area contributed by atoms with Gasteiger partial charge in [-0.1, -0.05) is 11.6 Å². The molecular weight excluding hydrogens is 555 g/mol. The second-order valence-electron chi connectivity index (χ2n) is 8.36. The molecule has 37 heavy (non-hydrogen) atoms. The van der Waals surface area contributed by atoms with E-state index in [1.165, 1.54) is 22.5 Å². The van der Waals surface area contributed by atoms with Gasteiger partial charge in [-0.2, -0.15) is 17.4 Å². The fourth-order valence-electron chi connectivity index (χ4n) is 3.91. The van der Waals surface area contributed by atoms with Gasteiger partial charge < -0.3 is 14.6 Å². The summed E-state index contributed by atoms with van der Waals surface area (Å²) in [7, 11) is -8.26. The fraction of sp³-hybridized carbons (Fsp3) is 0.381. The molecule has 2 atom stereocenters. The van der Waals surface area contributed by atoms with Gasteiger partial charge in [0.2, 0.25) is 0 Å². The summed E-state index contributed by atoms with van der Waals surface area (Å²) in [6.45, 7) is 1.73. The maximum absolute atomic E-state index is 13.7. The van der Waals surface area contributed by atoms with E-state index >= 15 is 0 Å². The van der Waals surface area contributed by atoms with Gasteiger partial charge in [-0.3, -0.25) is 9.62 Å². The van der Waals surface area contributed by atoms with Crippen molar-refractivity contribution in [3.05, 3.63) is 47.2 Å². The van der Waals surface area contributed by atoms with Gasteiger partial charge in [0, 0.05) is 18.8 Å². The average Bonchev–Trinajstić information content (AvgIpc) is 2.83. The zero-order valence-corrected chi connectivity index (χ0v) is 21.8. The van der Waals surface area contributed by atoms with Crippen LogP contribution in [0.2, 0.25) is 5.02 Å². The first-order chi connectivity index (χ1) is 17.4. The normalized spacial score (nSPS) is 20.7. The summed E-state index contributed by atoms with van der Waals surface area (Å²) in [5, 5.41) is 10.8. The number of anilines is 2. The van der Waals surface area contributed by atoms with Crippen molar-refractivity contribution in [1.29, 1.82) is 0 Å². The minimum atomic E-state index is -4.35. The van der Waals surface area contributed by atoms with Gasteiger partial charge in [0.05, 0.1) is 41.4 Å². The Hall–Kier alpha value is -2.69. The molecule has 0 spiro atoms. The molecule has 2 aliphatic heterocycles. The van der Waals surface area contributed by atoms with Crippen molar-refractivity contribution in [3.63, 3.8) is 0 Å². The third kappa shape index (κ3) is 6.08. The van der Waals surface area contributed by atoms with Crippen molar-refractivity contribution >= 4 is 49.3 Å². The Kier molecular flexibility index (Phi) is 7.83. The van der Waals surface area contributed by atoms with Crippen LogP contribution in [0.3, 0.4) is 0 Å². The second kappa shape index (κ2) is 10.6. The van der Waals surface area contributed by atoms with E-state index in [1.54, 1.807) is 6.92 Å². The van der Waals surface area contributed by atoms with Gasteiger partial charge in [0.1, 0.15) is 17.7 Å². The summed E-state index contributed by atoms with van der Waals surface area (Å²) in [6, 6.07) is 6.91. The number of hydrogen-bond acceptors (Lipinski definition) is 7. The lowest BCUT2D eigenvalue weighted by molar-refractivity contribution is 0.00969. The molecule has 0 saturated carbocycles. The number of ether oxygens (including phenoxy) is 2. The van der Waals surface area contributed by atoms with Crippen molar-refractivity contribution in [2.75, 3.05) is 42.4 Å². The molecule has 0 radical (unpaired) electrons. The summed E-state index contributed by atoms with van der Waals surface area (Å²) >= 11 is 5.81.